The van der Waals surface area contributed by atoms with Crippen molar-refractivity contribution >= 4 is 21.6 Å². The molecule has 0 bridgehead atoms. The molecule has 1 N–H and O–H groups in total. The van der Waals surface area contributed by atoms with E-state index < -0.39 is 16.4 Å². The highest BCUT2D eigenvalue weighted by Crippen LogP contribution is 2.27. The van der Waals surface area contributed by atoms with Gasteiger partial charge in [0.1, 0.15) is 11.6 Å². The van der Waals surface area contributed by atoms with E-state index in [2.05, 4.69) is 15.2 Å². The summed E-state index contributed by atoms with van der Waals surface area (Å²) in [5, 5.41) is 7.05. The van der Waals surface area contributed by atoms with Gasteiger partial charge in [-0.25, -0.2) is 13.1 Å². The van der Waals surface area contributed by atoms with Crippen LogP contribution in [0.5, 0.6) is 5.75 Å². The van der Waals surface area contributed by atoms with Crippen molar-refractivity contribution in [2.75, 3.05) is 16.8 Å². The van der Waals surface area contributed by atoms with Crippen molar-refractivity contribution in [3.8, 4) is 5.75 Å². The third kappa shape index (κ3) is 5.03. The molecule has 1 amide bonds. The van der Waals surface area contributed by atoms with Gasteiger partial charge in [0.25, 0.3) is 0 Å². The fraction of sp³-hybridized carbons (Fsp3) is 0.412. The summed E-state index contributed by atoms with van der Waals surface area (Å²) in [4.78, 5) is 12.3. The van der Waals surface area contributed by atoms with Crippen molar-refractivity contribution in [3.05, 3.63) is 41.6 Å². The number of alkyl halides is 2. The summed E-state index contributed by atoms with van der Waals surface area (Å²) < 4.78 is 53.5. The number of amides is 1. The molecular formula is C17H19F2N3O4S. The number of carbonyl (C=O) groups is 1. The van der Waals surface area contributed by atoms with Crippen LogP contribution in [0.1, 0.15) is 23.7 Å². The fourth-order valence-electron chi connectivity index (χ4n) is 3.02. The van der Waals surface area contributed by atoms with Crippen molar-refractivity contribution in [1.82, 2.24) is 9.78 Å². The van der Waals surface area contributed by atoms with Crippen LogP contribution >= 0.6 is 0 Å². The van der Waals surface area contributed by atoms with E-state index in [1.54, 1.807) is 17.7 Å². The Kier molecular flexibility index (Phi) is 5.45. The number of anilines is 1. The molecule has 7 nitrogen and oxygen atoms in total. The van der Waals surface area contributed by atoms with Crippen LogP contribution in [-0.2, 0) is 21.1 Å². The number of rotatable bonds is 6. The Balaban J connectivity index is 1.66. The minimum atomic E-state index is -3.08. The highest BCUT2D eigenvalue weighted by atomic mass is 32.2. The predicted octanol–water partition coefficient (Wildman–Crippen LogP) is 2.33. The van der Waals surface area contributed by atoms with Crippen molar-refractivity contribution in [1.29, 1.82) is 0 Å². The number of aromatic nitrogens is 2. The molecule has 0 saturated carbocycles. The van der Waals surface area contributed by atoms with Crippen molar-refractivity contribution in [3.63, 3.8) is 0 Å². The first-order chi connectivity index (χ1) is 12.7. The Bertz CT molecular complexity index is 926. The van der Waals surface area contributed by atoms with Gasteiger partial charge >= 0.3 is 6.61 Å². The molecule has 3 rings (SSSR count). The summed E-state index contributed by atoms with van der Waals surface area (Å²) in [7, 11) is -3.08. The van der Waals surface area contributed by atoms with Gasteiger partial charge in [-0.05, 0) is 31.0 Å². The molecule has 146 valence electrons. The van der Waals surface area contributed by atoms with Crippen LogP contribution < -0.4 is 10.1 Å². The van der Waals surface area contributed by atoms with Gasteiger partial charge in [-0.1, -0.05) is 12.1 Å². The topological polar surface area (TPSA) is 90.3 Å². The number of hydrogen-bond donors (Lipinski definition) is 1. The van der Waals surface area contributed by atoms with Gasteiger partial charge in [0.05, 0.1) is 29.7 Å². The van der Waals surface area contributed by atoms with E-state index in [0.29, 0.717) is 23.5 Å². The Morgan fingerprint density at radius 3 is 2.67 bits per heavy atom. The maximum absolute atomic E-state index is 12.3. The average molecular weight is 399 g/mol. The second-order valence-corrected chi connectivity index (χ2v) is 8.65. The van der Waals surface area contributed by atoms with Crippen LogP contribution in [0, 0.1) is 6.92 Å². The highest BCUT2D eigenvalue weighted by molar-refractivity contribution is 7.91. The summed E-state index contributed by atoms with van der Waals surface area (Å²) in [6, 6.07) is 7.18. The van der Waals surface area contributed by atoms with Gasteiger partial charge in [-0.15, -0.1) is 0 Å². The first kappa shape index (κ1) is 19.3. The van der Waals surface area contributed by atoms with E-state index in [4.69, 9.17) is 0 Å². The standard InChI is InChI=1S/C17H19F2N3O4S/c1-11-8-15(22(21-11)13-6-7-27(24,25)10-13)20-16(23)9-12-2-4-14(5-3-12)26-17(18)19/h2-5,8,13,17H,6-7,9-10H2,1H3,(H,20,23). The van der Waals surface area contributed by atoms with Gasteiger partial charge in [0.15, 0.2) is 9.84 Å². The van der Waals surface area contributed by atoms with Crippen LogP contribution in [0.25, 0.3) is 0 Å². The molecule has 0 spiro atoms. The van der Waals surface area contributed by atoms with E-state index in [0.717, 1.165) is 0 Å². The Labute approximate surface area is 155 Å². The summed E-state index contributed by atoms with van der Waals surface area (Å²) in [6.07, 6.45) is 0.486. The first-order valence-corrected chi connectivity index (χ1v) is 10.1. The number of halogens is 2. The Morgan fingerprint density at radius 2 is 2.07 bits per heavy atom. The molecule has 1 atom stereocenters. The van der Waals surface area contributed by atoms with Crippen LogP contribution in [0.15, 0.2) is 30.3 Å². The molecule has 2 aromatic rings. The summed E-state index contributed by atoms with van der Waals surface area (Å²) in [5.41, 5.74) is 1.29. The normalized spacial score (nSPS) is 18.6. The molecule has 1 fully saturated rings. The number of ether oxygens (including phenoxy) is 1. The second kappa shape index (κ2) is 7.63. The number of carbonyl (C=O) groups excluding carboxylic acids is 1. The van der Waals surface area contributed by atoms with Crippen molar-refractivity contribution in [2.45, 2.75) is 32.4 Å². The number of benzene rings is 1. The summed E-state index contributed by atoms with van der Waals surface area (Å²) in [6.45, 7) is -1.14. The number of sulfone groups is 1. The first-order valence-electron chi connectivity index (χ1n) is 8.32. The number of hydrogen-bond acceptors (Lipinski definition) is 5. The zero-order chi connectivity index (χ0) is 19.6. The largest absolute Gasteiger partial charge is 0.435 e. The van der Waals surface area contributed by atoms with Crippen molar-refractivity contribution < 1.29 is 26.7 Å². The lowest BCUT2D eigenvalue weighted by Crippen LogP contribution is -2.20. The lowest BCUT2D eigenvalue weighted by molar-refractivity contribution is -0.115. The quantitative estimate of drug-likeness (QED) is 0.805. The maximum atomic E-state index is 12.3. The third-order valence-electron chi connectivity index (χ3n) is 4.19. The number of nitrogens with zero attached hydrogens (tertiary/aromatic N) is 2. The average Bonchev–Trinajstić information content (AvgIpc) is 3.10. The minimum Gasteiger partial charge on any atom is -0.435 e. The third-order valence-corrected chi connectivity index (χ3v) is 5.94. The van der Waals surface area contributed by atoms with E-state index in [9.17, 15) is 22.0 Å². The smallest absolute Gasteiger partial charge is 0.387 e. The molecule has 1 aliphatic heterocycles. The highest BCUT2D eigenvalue weighted by Gasteiger charge is 2.31. The molecule has 1 aliphatic rings. The van der Waals surface area contributed by atoms with Crippen LogP contribution in [-0.4, -0.2) is 42.2 Å². The zero-order valence-electron chi connectivity index (χ0n) is 14.6. The van der Waals surface area contributed by atoms with E-state index in [1.165, 1.54) is 24.3 Å². The van der Waals surface area contributed by atoms with Gasteiger partial charge in [0.2, 0.25) is 5.91 Å². The van der Waals surface area contributed by atoms with Crippen LogP contribution in [0.4, 0.5) is 14.6 Å². The molecule has 2 heterocycles. The zero-order valence-corrected chi connectivity index (χ0v) is 15.4. The molecule has 1 aromatic heterocycles. The molecule has 0 aliphatic carbocycles. The van der Waals surface area contributed by atoms with E-state index >= 15 is 0 Å². The molecule has 1 unspecified atom stereocenters. The Morgan fingerprint density at radius 1 is 1.37 bits per heavy atom. The Hall–Kier alpha value is -2.49. The van der Waals surface area contributed by atoms with Gasteiger partial charge in [0, 0.05) is 6.07 Å². The van der Waals surface area contributed by atoms with E-state index in [1.807, 2.05) is 0 Å². The fourth-order valence-corrected chi connectivity index (χ4v) is 4.71. The number of aryl methyl sites for hydroxylation is 1. The van der Waals surface area contributed by atoms with Gasteiger partial charge < -0.3 is 10.1 Å². The van der Waals surface area contributed by atoms with E-state index in [-0.39, 0.29) is 35.6 Å². The summed E-state index contributed by atoms with van der Waals surface area (Å²) >= 11 is 0. The number of nitrogens with one attached hydrogen (secondary N) is 1. The van der Waals surface area contributed by atoms with Crippen molar-refractivity contribution in [2.24, 2.45) is 0 Å². The van der Waals surface area contributed by atoms with Crippen LogP contribution in [0.3, 0.4) is 0 Å². The molecule has 1 saturated heterocycles. The lowest BCUT2D eigenvalue weighted by Gasteiger charge is -2.14. The summed E-state index contributed by atoms with van der Waals surface area (Å²) in [5.74, 6) is 0.252. The molecule has 1 aromatic carbocycles. The van der Waals surface area contributed by atoms with Gasteiger partial charge in [-0.3, -0.25) is 4.79 Å². The predicted molar refractivity (Wildman–Crippen MR) is 94.7 cm³/mol. The second-order valence-electron chi connectivity index (χ2n) is 6.42. The minimum absolute atomic E-state index is 0.00257. The SMILES string of the molecule is Cc1cc(NC(=O)Cc2ccc(OC(F)F)cc2)n(C2CCS(=O)(=O)C2)n1. The monoisotopic (exact) mass is 399 g/mol. The lowest BCUT2D eigenvalue weighted by atomic mass is 10.1. The van der Waals surface area contributed by atoms with Gasteiger partial charge in [-0.2, -0.15) is 13.9 Å². The molecule has 0 radical (unpaired) electrons. The maximum Gasteiger partial charge on any atom is 0.387 e. The molecule has 10 heteroatoms. The molecular weight excluding hydrogens is 380 g/mol. The molecule has 27 heavy (non-hydrogen) atoms. The van der Waals surface area contributed by atoms with Crippen LogP contribution in [0.2, 0.25) is 0 Å².